The van der Waals surface area contributed by atoms with Crippen LogP contribution in [-0.2, 0) is 11.0 Å². The molecule has 26 heavy (non-hydrogen) atoms. The lowest BCUT2D eigenvalue weighted by atomic mass is 10.0. The number of hydrogen-bond donors (Lipinski definition) is 2. The van der Waals surface area contributed by atoms with Crippen LogP contribution < -0.4 is 10.6 Å². The molecule has 2 aromatic carbocycles. The number of alkyl halides is 3. The Labute approximate surface area is 151 Å². The SMILES string of the molecule is Cc1cccc(C)c1NC(=O)[C@@H](C)N[C@@H](C)c1cccc(C(F)(F)F)c1. The molecule has 3 nitrogen and oxygen atoms in total. The summed E-state index contributed by atoms with van der Waals surface area (Å²) in [5.41, 5.74) is 2.45. The molecule has 0 aliphatic carbocycles. The zero-order chi connectivity index (χ0) is 19.5. The van der Waals surface area contributed by atoms with Gasteiger partial charge in [-0.25, -0.2) is 0 Å². The molecule has 0 spiro atoms. The van der Waals surface area contributed by atoms with E-state index >= 15 is 0 Å². The lowest BCUT2D eigenvalue weighted by Crippen LogP contribution is -2.39. The smallest absolute Gasteiger partial charge is 0.324 e. The normalized spacial score (nSPS) is 14.0. The molecule has 2 N–H and O–H groups in total. The zero-order valence-electron chi connectivity index (χ0n) is 15.2. The highest BCUT2D eigenvalue weighted by Crippen LogP contribution is 2.30. The number of amides is 1. The second-order valence-electron chi connectivity index (χ2n) is 6.49. The molecule has 2 aromatic rings. The highest BCUT2D eigenvalue weighted by Gasteiger charge is 2.30. The standard InChI is InChI=1S/C20H23F3N2O/c1-12-7-5-8-13(2)18(12)25-19(26)15(4)24-14(3)16-9-6-10-17(11-16)20(21,22)23/h5-11,14-15,24H,1-4H3,(H,25,26)/t14-,15+/m0/s1. The van der Waals surface area contributed by atoms with Gasteiger partial charge in [0.1, 0.15) is 0 Å². The van der Waals surface area contributed by atoms with Gasteiger partial charge in [0.2, 0.25) is 5.91 Å². The van der Waals surface area contributed by atoms with E-state index in [0.29, 0.717) is 5.56 Å². The monoisotopic (exact) mass is 364 g/mol. The lowest BCUT2D eigenvalue weighted by molar-refractivity contribution is -0.137. The molecule has 0 unspecified atom stereocenters. The molecule has 0 saturated carbocycles. The summed E-state index contributed by atoms with van der Waals surface area (Å²) >= 11 is 0. The first-order valence-electron chi connectivity index (χ1n) is 8.40. The van der Waals surface area contributed by atoms with E-state index in [1.54, 1.807) is 19.9 Å². The van der Waals surface area contributed by atoms with Crippen LogP contribution in [0.15, 0.2) is 42.5 Å². The van der Waals surface area contributed by atoms with Crippen LogP contribution in [0.2, 0.25) is 0 Å². The number of benzene rings is 2. The molecule has 0 heterocycles. The van der Waals surface area contributed by atoms with Crippen molar-refractivity contribution < 1.29 is 18.0 Å². The minimum atomic E-state index is -4.39. The van der Waals surface area contributed by atoms with E-state index in [-0.39, 0.29) is 5.91 Å². The molecule has 0 aromatic heterocycles. The van der Waals surface area contributed by atoms with E-state index in [4.69, 9.17) is 0 Å². The summed E-state index contributed by atoms with van der Waals surface area (Å²) in [6, 6.07) is 9.88. The van der Waals surface area contributed by atoms with Crippen molar-refractivity contribution >= 4 is 11.6 Å². The van der Waals surface area contributed by atoms with E-state index in [2.05, 4.69) is 10.6 Å². The van der Waals surface area contributed by atoms with Crippen molar-refractivity contribution in [3.05, 3.63) is 64.7 Å². The van der Waals surface area contributed by atoms with E-state index in [1.807, 2.05) is 32.0 Å². The number of anilines is 1. The molecule has 0 aliphatic heterocycles. The summed E-state index contributed by atoms with van der Waals surface area (Å²) in [7, 11) is 0. The molecule has 2 atom stereocenters. The van der Waals surface area contributed by atoms with Gasteiger partial charge in [-0.05, 0) is 56.5 Å². The molecule has 0 radical (unpaired) electrons. The molecular weight excluding hydrogens is 341 g/mol. The van der Waals surface area contributed by atoms with Crippen LogP contribution in [0.4, 0.5) is 18.9 Å². The van der Waals surface area contributed by atoms with Gasteiger partial charge in [-0.3, -0.25) is 10.1 Å². The van der Waals surface area contributed by atoms with Gasteiger partial charge in [0.25, 0.3) is 0 Å². The summed E-state index contributed by atoms with van der Waals surface area (Å²) < 4.78 is 38.6. The number of carbonyl (C=O) groups excluding carboxylic acids is 1. The van der Waals surface area contributed by atoms with Crippen LogP contribution in [0.3, 0.4) is 0 Å². The van der Waals surface area contributed by atoms with Gasteiger partial charge in [-0.2, -0.15) is 13.2 Å². The molecule has 140 valence electrons. The second kappa shape index (κ2) is 7.91. The Balaban J connectivity index is 2.07. The van der Waals surface area contributed by atoms with Crippen molar-refractivity contribution in [1.82, 2.24) is 5.32 Å². The van der Waals surface area contributed by atoms with Gasteiger partial charge >= 0.3 is 6.18 Å². The number of rotatable bonds is 5. The van der Waals surface area contributed by atoms with Crippen LogP contribution in [0.1, 0.15) is 42.1 Å². The van der Waals surface area contributed by atoms with Crippen molar-refractivity contribution in [2.75, 3.05) is 5.32 Å². The number of halogens is 3. The van der Waals surface area contributed by atoms with E-state index in [9.17, 15) is 18.0 Å². The fraction of sp³-hybridized carbons (Fsp3) is 0.350. The van der Waals surface area contributed by atoms with Gasteiger partial charge in [-0.1, -0.05) is 30.3 Å². The molecule has 0 bridgehead atoms. The van der Waals surface area contributed by atoms with E-state index < -0.39 is 23.8 Å². The van der Waals surface area contributed by atoms with Gasteiger partial charge in [0, 0.05) is 11.7 Å². The van der Waals surface area contributed by atoms with Crippen molar-refractivity contribution in [3.8, 4) is 0 Å². The Morgan fingerprint density at radius 3 is 2.15 bits per heavy atom. The Morgan fingerprint density at radius 2 is 1.58 bits per heavy atom. The predicted octanol–water partition coefficient (Wildman–Crippen LogP) is 5.00. The lowest BCUT2D eigenvalue weighted by Gasteiger charge is -2.21. The summed E-state index contributed by atoms with van der Waals surface area (Å²) in [5, 5.41) is 5.94. The van der Waals surface area contributed by atoms with Crippen LogP contribution in [0, 0.1) is 13.8 Å². The fourth-order valence-electron chi connectivity index (χ4n) is 2.77. The molecule has 0 saturated heterocycles. The zero-order valence-corrected chi connectivity index (χ0v) is 15.2. The van der Waals surface area contributed by atoms with Crippen molar-refractivity contribution in [2.45, 2.75) is 46.0 Å². The first kappa shape index (κ1) is 20.0. The van der Waals surface area contributed by atoms with E-state index in [1.165, 1.54) is 6.07 Å². The Bertz CT molecular complexity index is 767. The van der Waals surface area contributed by atoms with Gasteiger partial charge < -0.3 is 5.32 Å². The van der Waals surface area contributed by atoms with Crippen LogP contribution in [-0.4, -0.2) is 11.9 Å². The third-order valence-corrected chi connectivity index (χ3v) is 4.34. The first-order valence-corrected chi connectivity index (χ1v) is 8.40. The summed E-state index contributed by atoms with van der Waals surface area (Å²) in [4.78, 5) is 12.5. The maximum Gasteiger partial charge on any atom is 0.416 e. The van der Waals surface area contributed by atoms with Gasteiger partial charge in [-0.15, -0.1) is 0 Å². The highest BCUT2D eigenvalue weighted by molar-refractivity contribution is 5.95. The number of para-hydroxylation sites is 1. The number of aryl methyl sites for hydroxylation is 2. The van der Waals surface area contributed by atoms with Crippen molar-refractivity contribution in [2.24, 2.45) is 0 Å². The largest absolute Gasteiger partial charge is 0.416 e. The molecular formula is C20H23F3N2O. The highest BCUT2D eigenvalue weighted by atomic mass is 19.4. The summed E-state index contributed by atoms with van der Waals surface area (Å²) in [6.07, 6.45) is -4.39. The second-order valence-corrected chi connectivity index (χ2v) is 6.49. The minimum Gasteiger partial charge on any atom is -0.324 e. The number of hydrogen-bond acceptors (Lipinski definition) is 2. The Hall–Kier alpha value is -2.34. The van der Waals surface area contributed by atoms with Crippen LogP contribution in [0.25, 0.3) is 0 Å². The Morgan fingerprint density at radius 1 is 1.00 bits per heavy atom. The maximum atomic E-state index is 12.9. The quantitative estimate of drug-likeness (QED) is 0.784. The average Bonchev–Trinajstić information content (AvgIpc) is 2.57. The minimum absolute atomic E-state index is 0.235. The molecule has 1 amide bonds. The summed E-state index contributed by atoms with van der Waals surface area (Å²) in [6.45, 7) is 7.24. The van der Waals surface area contributed by atoms with Crippen molar-refractivity contribution in [3.63, 3.8) is 0 Å². The number of carbonyl (C=O) groups is 1. The third kappa shape index (κ3) is 4.85. The Kier molecular flexibility index (Phi) is 6.08. The topological polar surface area (TPSA) is 41.1 Å². The molecule has 2 rings (SSSR count). The first-order chi connectivity index (χ1) is 12.1. The molecule has 0 aliphatic rings. The third-order valence-electron chi connectivity index (χ3n) is 4.34. The van der Waals surface area contributed by atoms with Gasteiger partial charge in [0.15, 0.2) is 0 Å². The molecule has 6 heteroatoms. The summed E-state index contributed by atoms with van der Waals surface area (Å²) in [5.74, 6) is -0.235. The van der Waals surface area contributed by atoms with Crippen molar-refractivity contribution in [1.29, 1.82) is 0 Å². The average molecular weight is 364 g/mol. The molecule has 0 fully saturated rings. The fourth-order valence-corrected chi connectivity index (χ4v) is 2.77. The van der Waals surface area contributed by atoms with Crippen LogP contribution in [0.5, 0.6) is 0 Å². The van der Waals surface area contributed by atoms with Crippen LogP contribution >= 0.6 is 0 Å². The van der Waals surface area contributed by atoms with E-state index in [0.717, 1.165) is 28.9 Å². The number of nitrogens with one attached hydrogen (secondary N) is 2. The maximum absolute atomic E-state index is 12.9. The predicted molar refractivity (Wildman–Crippen MR) is 97.0 cm³/mol. The van der Waals surface area contributed by atoms with Gasteiger partial charge in [0.05, 0.1) is 11.6 Å².